The lowest BCUT2D eigenvalue weighted by molar-refractivity contribution is 0.118. The van der Waals surface area contributed by atoms with Gasteiger partial charge in [0.05, 0.1) is 6.61 Å². The lowest BCUT2D eigenvalue weighted by atomic mass is 9.92. The summed E-state index contributed by atoms with van der Waals surface area (Å²) >= 11 is 0. The summed E-state index contributed by atoms with van der Waals surface area (Å²) in [5.41, 5.74) is 1.30. The van der Waals surface area contributed by atoms with Crippen LogP contribution in [0.3, 0.4) is 0 Å². The molecule has 0 aliphatic carbocycles. The Bertz CT molecular complexity index is 923. The summed E-state index contributed by atoms with van der Waals surface area (Å²) in [6.07, 6.45) is 3.64. The molecule has 0 saturated heterocycles. The molecule has 0 atom stereocenters. The third kappa shape index (κ3) is 2.55. The van der Waals surface area contributed by atoms with Gasteiger partial charge in [-0.05, 0) is 44.3 Å². The predicted molar refractivity (Wildman–Crippen MR) is 99.3 cm³/mol. The van der Waals surface area contributed by atoms with E-state index in [-0.39, 0.29) is 0 Å². The Morgan fingerprint density at radius 1 is 0.739 bits per heavy atom. The largest absolute Gasteiger partial charge is 0.377 e. The first-order valence-electron chi connectivity index (χ1n) is 8.61. The molecule has 116 valence electrons. The molecule has 0 heterocycles. The lowest BCUT2D eigenvalue weighted by Gasteiger charge is -2.14. The van der Waals surface area contributed by atoms with E-state index in [1.54, 1.807) is 0 Å². The molecule has 0 aliphatic rings. The van der Waals surface area contributed by atoms with Gasteiger partial charge in [-0.3, -0.25) is 0 Å². The zero-order valence-corrected chi connectivity index (χ0v) is 13.6. The Labute approximate surface area is 137 Å². The van der Waals surface area contributed by atoms with Gasteiger partial charge >= 0.3 is 0 Å². The minimum atomic E-state index is 0.706. The molecule has 4 rings (SSSR count). The summed E-state index contributed by atoms with van der Waals surface area (Å²) in [6, 6.07) is 20.0. The predicted octanol–water partition coefficient (Wildman–Crippen LogP) is 6.29. The van der Waals surface area contributed by atoms with E-state index in [4.69, 9.17) is 4.74 Å². The fraction of sp³-hybridized carbons (Fsp3) is 0.273. The van der Waals surface area contributed by atoms with Crippen LogP contribution in [-0.2, 0) is 11.3 Å². The number of unbranched alkanes of at least 4 members (excludes halogenated alkanes) is 2. The van der Waals surface area contributed by atoms with Gasteiger partial charge < -0.3 is 4.74 Å². The van der Waals surface area contributed by atoms with Crippen molar-refractivity contribution in [2.24, 2.45) is 0 Å². The van der Waals surface area contributed by atoms with Crippen molar-refractivity contribution in [3.8, 4) is 0 Å². The highest BCUT2D eigenvalue weighted by molar-refractivity contribution is 6.23. The maximum atomic E-state index is 5.91. The molecule has 1 heteroatoms. The molecule has 0 unspecified atom stereocenters. The van der Waals surface area contributed by atoms with Gasteiger partial charge in [0.15, 0.2) is 0 Å². The lowest BCUT2D eigenvalue weighted by Crippen LogP contribution is -1.97. The van der Waals surface area contributed by atoms with E-state index >= 15 is 0 Å². The molecule has 1 nitrogen and oxygen atoms in total. The molecule has 4 aromatic carbocycles. The smallest absolute Gasteiger partial charge is 0.0722 e. The normalized spacial score (nSPS) is 11.9. The maximum absolute atomic E-state index is 5.91. The van der Waals surface area contributed by atoms with Gasteiger partial charge in [-0.1, -0.05) is 74.4 Å². The number of hydrogen-bond acceptors (Lipinski definition) is 1. The first-order valence-corrected chi connectivity index (χ1v) is 8.61. The Kier molecular flexibility index (Phi) is 3.88. The first kappa shape index (κ1) is 14.5. The van der Waals surface area contributed by atoms with Crippen molar-refractivity contribution in [3.63, 3.8) is 0 Å². The minimum absolute atomic E-state index is 0.706. The second-order valence-electron chi connectivity index (χ2n) is 6.34. The van der Waals surface area contributed by atoms with E-state index in [1.807, 2.05) is 0 Å². The highest BCUT2D eigenvalue weighted by atomic mass is 16.5. The van der Waals surface area contributed by atoms with E-state index in [1.165, 1.54) is 50.7 Å². The van der Waals surface area contributed by atoms with E-state index in [2.05, 4.69) is 61.5 Å². The third-order valence-electron chi connectivity index (χ3n) is 4.77. The first-order chi connectivity index (χ1) is 11.4. The molecule has 0 fully saturated rings. The average Bonchev–Trinajstić information content (AvgIpc) is 2.60. The van der Waals surface area contributed by atoms with Gasteiger partial charge in [-0.15, -0.1) is 0 Å². The van der Waals surface area contributed by atoms with Crippen LogP contribution in [0.2, 0.25) is 0 Å². The summed E-state index contributed by atoms with van der Waals surface area (Å²) in [6.45, 7) is 3.79. The van der Waals surface area contributed by atoms with Crippen LogP contribution in [0.4, 0.5) is 0 Å². The molecule has 0 saturated carbocycles. The van der Waals surface area contributed by atoms with Gasteiger partial charge in [-0.2, -0.15) is 0 Å². The average molecular weight is 302 g/mol. The second-order valence-corrected chi connectivity index (χ2v) is 6.34. The molecule has 0 bridgehead atoms. The van der Waals surface area contributed by atoms with E-state index in [9.17, 15) is 0 Å². The van der Waals surface area contributed by atoms with Crippen molar-refractivity contribution >= 4 is 32.3 Å². The summed E-state index contributed by atoms with van der Waals surface area (Å²) in [4.78, 5) is 0. The van der Waals surface area contributed by atoms with E-state index in [0.717, 1.165) is 13.0 Å². The van der Waals surface area contributed by atoms with Crippen molar-refractivity contribution in [2.75, 3.05) is 6.61 Å². The monoisotopic (exact) mass is 302 g/mol. The molecule has 0 spiro atoms. The SMILES string of the molecule is CCCCCOCc1ccc2ccc3cccc4ccc1c2c34. The fourth-order valence-corrected chi connectivity index (χ4v) is 3.56. The van der Waals surface area contributed by atoms with Crippen LogP contribution in [0.25, 0.3) is 32.3 Å². The second kappa shape index (κ2) is 6.17. The van der Waals surface area contributed by atoms with Crippen molar-refractivity contribution in [1.82, 2.24) is 0 Å². The topological polar surface area (TPSA) is 9.23 Å². The molecule has 4 aromatic rings. The van der Waals surface area contributed by atoms with Crippen LogP contribution < -0.4 is 0 Å². The Balaban J connectivity index is 1.77. The van der Waals surface area contributed by atoms with Crippen molar-refractivity contribution < 1.29 is 4.74 Å². The van der Waals surface area contributed by atoms with Gasteiger partial charge in [0.1, 0.15) is 0 Å². The van der Waals surface area contributed by atoms with Gasteiger partial charge in [0, 0.05) is 6.61 Å². The molecule has 23 heavy (non-hydrogen) atoms. The van der Waals surface area contributed by atoms with Crippen molar-refractivity contribution in [3.05, 3.63) is 60.2 Å². The van der Waals surface area contributed by atoms with Crippen LogP contribution in [0.5, 0.6) is 0 Å². The van der Waals surface area contributed by atoms with Crippen LogP contribution in [0.15, 0.2) is 54.6 Å². The molecule has 0 aliphatic heterocycles. The van der Waals surface area contributed by atoms with Crippen LogP contribution in [0.1, 0.15) is 31.7 Å². The highest BCUT2D eigenvalue weighted by Gasteiger charge is 2.10. The number of rotatable bonds is 6. The van der Waals surface area contributed by atoms with Crippen molar-refractivity contribution in [1.29, 1.82) is 0 Å². The molecule has 0 radical (unpaired) electrons. The minimum Gasteiger partial charge on any atom is -0.377 e. The van der Waals surface area contributed by atoms with Crippen LogP contribution >= 0.6 is 0 Å². The summed E-state index contributed by atoms with van der Waals surface area (Å²) in [5.74, 6) is 0. The molecule has 0 aromatic heterocycles. The fourth-order valence-electron chi connectivity index (χ4n) is 3.56. The number of ether oxygens (including phenoxy) is 1. The number of hydrogen-bond donors (Lipinski definition) is 0. The van der Waals surface area contributed by atoms with Gasteiger partial charge in [0.25, 0.3) is 0 Å². The van der Waals surface area contributed by atoms with Gasteiger partial charge in [0.2, 0.25) is 0 Å². The molecule has 0 N–H and O–H groups in total. The van der Waals surface area contributed by atoms with E-state index in [0.29, 0.717) is 6.61 Å². The zero-order valence-electron chi connectivity index (χ0n) is 13.6. The Hall–Kier alpha value is -2.12. The van der Waals surface area contributed by atoms with Crippen LogP contribution in [-0.4, -0.2) is 6.61 Å². The molecular formula is C22H22O. The molecule has 0 amide bonds. The number of benzene rings is 4. The quantitative estimate of drug-likeness (QED) is 0.300. The van der Waals surface area contributed by atoms with Crippen molar-refractivity contribution in [2.45, 2.75) is 32.8 Å². The Morgan fingerprint density at radius 2 is 1.43 bits per heavy atom. The van der Waals surface area contributed by atoms with Crippen LogP contribution in [0, 0.1) is 0 Å². The summed E-state index contributed by atoms with van der Waals surface area (Å²) in [7, 11) is 0. The Morgan fingerprint density at radius 3 is 2.22 bits per heavy atom. The maximum Gasteiger partial charge on any atom is 0.0722 e. The summed E-state index contributed by atoms with van der Waals surface area (Å²) < 4.78 is 5.91. The zero-order chi connectivity index (χ0) is 15.6. The van der Waals surface area contributed by atoms with E-state index < -0.39 is 0 Å². The highest BCUT2D eigenvalue weighted by Crippen LogP contribution is 2.35. The molecular weight excluding hydrogens is 280 g/mol. The standard InChI is InChI=1S/C22H22O/c1-2-3-4-14-23-15-19-11-10-18-9-8-16-6-5-7-17-12-13-20(19)22(18)21(16)17/h5-13H,2-4,14-15H2,1H3. The summed E-state index contributed by atoms with van der Waals surface area (Å²) in [5, 5.41) is 8.06. The van der Waals surface area contributed by atoms with Gasteiger partial charge in [-0.25, -0.2) is 0 Å². The third-order valence-corrected chi connectivity index (χ3v) is 4.77.